The Morgan fingerprint density at radius 2 is 1.68 bits per heavy atom. The highest BCUT2D eigenvalue weighted by molar-refractivity contribution is 5.90. The number of carbonyl (C=O) groups excluding carboxylic acids is 1. The summed E-state index contributed by atoms with van der Waals surface area (Å²) in [7, 11) is 0. The number of nitrogens with zero attached hydrogens (tertiary/aromatic N) is 2. The molecule has 3 aromatic rings. The molecule has 3 N–H and O–H groups in total. The van der Waals surface area contributed by atoms with Crippen molar-refractivity contribution in [3.05, 3.63) is 71.0 Å². The summed E-state index contributed by atoms with van der Waals surface area (Å²) in [5.74, 6) is 3.40. The Morgan fingerprint density at radius 3 is 2.42 bits per heavy atom. The lowest BCUT2D eigenvalue weighted by molar-refractivity contribution is -0.116. The standard InChI is InChI=1S/C33H38N4O/c34-26-10-11-27-25(16-26)9-12-28-31(27)35-29(20-33-17-22-13-23(18-33)15-24(14-22)19-33)32(36-28)37-30(38)8-4-7-21-5-2-1-3-6-21/h1-3,5-6,10-11,16,22-24H,4,7-9,12-15,17-20,34H2,(H,36,37,38). The number of nitrogens with two attached hydrogens (primary N) is 1. The van der Waals surface area contributed by atoms with Gasteiger partial charge in [-0.25, -0.2) is 9.97 Å². The van der Waals surface area contributed by atoms with Gasteiger partial charge < -0.3 is 11.1 Å². The van der Waals surface area contributed by atoms with Crippen molar-refractivity contribution >= 4 is 17.4 Å². The number of aryl methyl sites for hydroxylation is 3. The predicted octanol–water partition coefficient (Wildman–Crippen LogP) is 6.54. The molecular formula is C33H38N4O. The summed E-state index contributed by atoms with van der Waals surface area (Å²) in [6.07, 6.45) is 13.1. The van der Waals surface area contributed by atoms with Crippen LogP contribution in [0.1, 0.15) is 73.9 Å². The number of aromatic nitrogens is 2. The lowest BCUT2D eigenvalue weighted by atomic mass is 9.48. The number of hydrogen-bond donors (Lipinski definition) is 2. The van der Waals surface area contributed by atoms with Crippen LogP contribution in [0, 0.1) is 23.2 Å². The van der Waals surface area contributed by atoms with Crippen molar-refractivity contribution in [2.45, 2.75) is 77.0 Å². The van der Waals surface area contributed by atoms with Gasteiger partial charge >= 0.3 is 0 Å². The molecule has 0 spiro atoms. The summed E-state index contributed by atoms with van der Waals surface area (Å²) in [5, 5.41) is 3.23. The van der Waals surface area contributed by atoms with Gasteiger partial charge in [-0.3, -0.25) is 4.79 Å². The fraction of sp³-hybridized carbons (Fsp3) is 0.485. The second-order valence-corrected chi connectivity index (χ2v) is 12.7. The van der Waals surface area contributed by atoms with Gasteiger partial charge in [0.1, 0.15) is 0 Å². The van der Waals surface area contributed by atoms with Gasteiger partial charge in [-0.05, 0) is 117 Å². The van der Waals surface area contributed by atoms with Crippen LogP contribution < -0.4 is 11.1 Å². The minimum atomic E-state index is 0.0472. The van der Waals surface area contributed by atoms with E-state index in [0.717, 1.165) is 78.2 Å². The van der Waals surface area contributed by atoms with Crippen LogP contribution in [0.4, 0.5) is 11.5 Å². The van der Waals surface area contributed by atoms with Crippen molar-refractivity contribution in [1.29, 1.82) is 0 Å². The molecule has 0 unspecified atom stereocenters. The highest BCUT2D eigenvalue weighted by Gasteiger charge is 2.51. The molecule has 1 aromatic heterocycles. The first-order valence-electron chi connectivity index (χ1n) is 14.6. The second-order valence-electron chi connectivity index (χ2n) is 12.7. The summed E-state index contributed by atoms with van der Waals surface area (Å²) >= 11 is 0. The van der Waals surface area contributed by atoms with Crippen molar-refractivity contribution in [2.24, 2.45) is 23.2 Å². The molecule has 5 aliphatic carbocycles. The second kappa shape index (κ2) is 9.52. The highest BCUT2D eigenvalue weighted by atomic mass is 16.1. The van der Waals surface area contributed by atoms with Crippen LogP contribution in [0.5, 0.6) is 0 Å². The maximum atomic E-state index is 13.1. The molecule has 1 amide bonds. The number of anilines is 2. The highest BCUT2D eigenvalue weighted by Crippen LogP contribution is 2.61. The minimum Gasteiger partial charge on any atom is -0.399 e. The zero-order valence-electron chi connectivity index (χ0n) is 22.2. The summed E-state index contributed by atoms with van der Waals surface area (Å²) < 4.78 is 0. The molecule has 38 heavy (non-hydrogen) atoms. The Labute approximate surface area is 225 Å². The lowest BCUT2D eigenvalue weighted by Crippen LogP contribution is -2.47. The Morgan fingerprint density at radius 1 is 0.947 bits per heavy atom. The van der Waals surface area contributed by atoms with E-state index >= 15 is 0 Å². The SMILES string of the molecule is Nc1ccc2c(c1)CCc1nc(NC(=O)CCCc3ccccc3)c(CC34CC5CC(CC(C5)C3)C4)nc1-2. The Bertz CT molecular complexity index is 1330. The summed E-state index contributed by atoms with van der Waals surface area (Å²) in [6, 6.07) is 16.6. The zero-order chi connectivity index (χ0) is 25.7. The van der Waals surface area contributed by atoms with E-state index in [-0.39, 0.29) is 5.91 Å². The zero-order valence-corrected chi connectivity index (χ0v) is 22.2. The number of rotatable bonds is 7. The molecule has 5 heteroatoms. The monoisotopic (exact) mass is 506 g/mol. The third kappa shape index (κ3) is 4.61. The molecule has 1 heterocycles. The van der Waals surface area contributed by atoms with Gasteiger partial charge in [0.15, 0.2) is 5.82 Å². The summed E-state index contributed by atoms with van der Waals surface area (Å²) in [6.45, 7) is 0. The predicted molar refractivity (Wildman–Crippen MR) is 152 cm³/mol. The average Bonchev–Trinajstić information content (AvgIpc) is 2.88. The van der Waals surface area contributed by atoms with Crippen molar-refractivity contribution in [3.8, 4) is 11.3 Å². The molecule has 196 valence electrons. The number of carbonyl (C=O) groups is 1. The first-order valence-corrected chi connectivity index (χ1v) is 14.6. The Kier molecular flexibility index (Phi) is 5.98. The number of amides is 1. The van der Waals surface area contributed by atoms with Crippen LogP contribution in [0.2, 0.25) is 0 Å². The van der Waals surface area contributed by atoms with E-state index in [1.807, 2.05) is 12.1 Å². The molecule has 0 saturated heterocycles. The number of nitrogens with one attached hydrogen (secondary N) is 1. The van der Waals surface area contributed by atoms with E-state index in [9.17, 15) is 4.79 Å². The number of hydrogen-bond acceptors (Lipinski definition) is 4. The Balaban J connectivity index is 1.17. The van der Waals surface area contributed by atoms with Crippen LogP contribution in [0.15, 0.2) is 48.5 Å². The van der Waals surface area contributed by atoms with Crippen molar-refractivity contribution in [2.75, 3.05) is 11.1 Å². The molecule has 0 radical (unpaired) electrons. The fourth-order valence-electron chi connectivity index (χ4n) is 8.58. The van der Waals surface area contributed by atoms with Gasteiger partial charge in [-0.15, -0.1) is 0 Å². The van der Waals surface area contributed by atoms with Crippen LogP contribution in [0.3, 0.4) is 0 Å². The summed E-state index contributed by atoms with van der Waals surface area (Å²) in [5.41, 5.74) is 13.9. The third-order valence-electron chi connectivity index (χ3n) is 9.73. The smallest absolute Gasteiger partial charge is 0.225 e. The quantitative estimate of drug-likeness (QED) is 0.356. The largest absolute Gasteiger partial charge is 0.399 e. The molecule has 5 nitrogen and oxygen atoms in total. The number of benzene rings is 2. The van der Waals surface area contributed by atoms with Crippen molar-refractivity contribution < 1.29 is 4.79 Å². The molecule has 2 aromatic carbocycles. The van der Waals surface area contributed by atoms with E-state index in [1.54, 1.807) is 0 Å². The molecule has 8 rings (SSSR count). The molecule has 0 aliphatic heterocycles. The first kappa shape index (κ1) is 23.9. The van der Waals surface area contributed by atoms with Gasteiger partial charge in [-0.1, -0.05) is 36.4 Å². The van der Waals surface area contributed by atoms with Gasteiger partial charge in [0.2, 0.25) is 5.91 Å². The molecule has 5 aliphatic rings. The van der Waals surface area contributed by atoms with E-state index in [4.69, 9.17) is 15.7 Å². The molecular weight excluding hydrogens is 468 g/mol. The molecule has 4 saturated carbocycles. The van der Waals surface area contributed by atoms with Gasteiger partial charge in [0.05, 0.1) is 17.1 Å². The minimum absolute atomic E-state index is 0.0472. The van der Waals surface area contributed by atoms with Crippen molar-refractivity contribution in [3.63, 3.8) is 0 Å². The van der Waals surface area contributed by atoms with E-state index in [2.05, 4.69) is 41.7 Å². The first-order chi connectivity index (χ1) is 18.5. The lowest BCUT2D eigenvalue weighted by Gasteiger charge is -2.57. The van der Waals surface area contributed by atoms with E-state index in [1.165, 1.54) is 49.7 Å². The fourth-order valence-corrected chi connectivity index (χ4v) is 8.58. The van der Waals surface area contributed by atoms with Gasteiger partial charge in [0.25, 0.3) is 0 Å². The molecule has 4 bridgehead atoms. The topological polar surface area (TPSA) is 80.9 Å². The average molecular weight is 507 g/mol. The van der Waals surface area contributed by atoms with Crippen LogP contribution in [0.25, 0.3) is 11.3 Å². The maximum Gasteiger partial charge on any atom is 0.225 e. The maximum absolute atomic E-state index is 13.1. The van der Waals surface area contributed by atoms with Crippen molar-refractivity contribution in [1.82, 2.24) is 9.97 Å². The van der Waals surface area contributed by atoms with Crippen LogP contribution in [-0.2, 0) is 30.5 Å². The molecule has 0 atom stereocenters. The summed E-state index contributed by atoms with van der Waals surface area (Å²) in [4.78, 5) is 23.6. The van der Waals surface area contributed by atoms with Gasteiger partial charge in [-0.2, -0.15) is 0 Å². The number of fused-ring (bicyclic) bond motifs is 3. The van der Waals surface area contributed by atoms with E-state index in [0.29, 0.717) is 17.7 Å². The number of nitrogen functional groups attached to an aromatic ring is 1. The van der Waals surface area contributed by atoms with E-state index < -0.39 is 0 Å². The van der Waals surface area contributed by atoms with Gasteiger partial charge in [0, 0.05) is 17.7 Å². The van der Waals surface area contributed by atoms with Crippen LogP contribution in [-0.4, -0.2) is 15.9 Å². The third-order valence-corrected chi connectivity index (χ3v) is 9.73. The Hall–Kier alpha value is -3.21. The van der Waals surface area contributed by atoms with Crippen LogP contribution >= 0.6 is 0 Å². The normalized spacial score (nSPS) is 26.6. The molecule has 4 fully saturated rings.